The van der Waals surface area contributed by atoms with E-state index in [0.29, 0.717) is 5.19 Å². The molecule has 0 spiro atoms. The van der Waals surface area contributed by atoms with Crippen molar-refractivity contribution in [2.45, 2.75) is 25.4 Å². The number of rotatable bonds is 3. The van der Waals surface area contributed by atoms with Gasteiger partial charge in [0, 0.05) is 0 Å². The number of thiazole rings is 1. The van der Waals surface area contributed by atoms with Crippen molar-refractivity contribution in [3.05, 3.63) is 11.1 Å². The molecule has 13 heavy (non-hydrogen) atoms. The van der Waals surface area contributed by atoms with Gasteiger partial charge in [0.2, 0.25) is 0 Å². The smallest absolute Gasteiger partial charge is 0.347 e. The van der Waals surface area contributed by atoms with Gasteiger partial charge in [0.25, 0.3) is 5.19 Å². The fourth-order valence-corrected chi connectivity index (χ4v) is 1.71. The highest BCUT2D eigenvalue weighted by molar-refractivity contribution is 7.15. The molecule has 1 N–H and O–H groups in total. The number of aromatic carboxylic acids is 1. The van der Waals surface area contributed by atoms with Gasteiger partial charge < -0.3 is 9.84 Å². The number of nitrogens with zero attached hydrogens (tertiary/aromatic N) is 1. The van der Waals surface area contributed by atoms with Crippen molar-refractivity contribution in [1.29, 1.82) is 0 Å². The van der Waals surface area contributed by atoms with Gasteiger partial charge in [0.05, 0.1) is 6.20 Å². The van der Waals surface area contributed by atoms with E-state index in [-0.39, 0.29) is 11.0 Å². The van der Waals surface area contributed by atoms with Crippen LogP contribution >= 0.6 is 11.3 Å². The predicted octanol–water partition coefficient (Wildman–Crippen LogP) is 1.77. The number of hydrogen-bond acceptors (Lipinski definition) is 4. The fourth-order valence-electron chi connectivity index (χ4n) is 1.04. The lowest BCUT2D eigenvalue weighted by atomic mass is 9.96. The Hall–Kier alpha value is -1.10. The number of aromatic nitrogens is 1. The fraction of sp³-hybridized carbons (Fsp3) is 0.500. The molecule has 2 rings (SSSR count). The third kappa shape index (κ3) is 1.80. The molecule has 1 fully saturated rings. The summed E-state index contributed by atoms with van der Waals surface area (Å²) in [7, 11) is 0. The van der Waals surface area contributed by atoms with Gasteiger partial charge in [-0.3, -0.25) is 0 Å². The van der Waals surface area contributed by atoms with Crippen molar-refractivity contribution in [3.63, 3.8) is 0 Å². The average Bonchev–Trinajstić information content (AvgIpc) is 2.44. The number of carbonyl (C=O) groups is 1. The first-order valence-corrected chi connectivity index (χ1v) is 4.93. The molecule has 0 radical (unpaired) electrons. The van der Waals surface area contributed by atoms with Crippen molar-refractivity contribution in [2.24, 2.45) is 0 Å². The molecule has 0 bridgehead atoms. The molecule has 0 aliphatic heterocycles. The van der Waals surface area contributed by atoms with Crippen LogP contribution in [0.5, 0.6) is 5.19 Å². The van der Waals surface area contributed by atoms with Crippen LogP contribution in [0.2, 0.25) is 0 Å². The monoisotopic (exact) mass is 199 g/mol. The van der Waals surface area contributed by atoms with Crippen LogP contribution < -0.4 is 4.74 Å². The minimum atomic E-state index is -0.944. The Morgan fingerprint density at radius 2 is 2.46 bits per heavy atom. The maximum Gasteiger partial charge on any atom is 0.347 e. The number of hydrogen-bond donors (Lipinski definition) is 1. The lowest BCUT2D eigenvalue weighted by molar-refractivity contribution is 0.0702. The van der Waals surface area contributed by atoms with Crippen LogP contribution in [0, 0.1) is 0 Å². The molecule has 0 amide bonds. The third-order valence-electron chi connectivity index (χ3n) is 2.01. The van der Waals surface area contributed by atoms with Crippen molar-refractivity contribution >= 4 is 17.3 Å². The highest BCUT2D eigenvalue weighted by Crippen LogP contribution is 2.28. The maximum atomic E-state index is 10.5. The first kappa shape index (κ1) is 8.50. The molecule has 1 aliphatic carbocycles. The van der Waals surface area contributed by atoms with Gasteiger partial charge in [-0.2, -0.15) is 0 Å². The second-order valence-corrected chi connectivity index (χ2v) is 3.96. The molecule has 1 aliphatic rings. The molecular weight excluding hydrogens is 190 g/mol. The molecule has 0 saturated heterocycles. The Bertz CT molecular complexity index is 319. The summed E-state index contributed by atoms with van der Waals surface area (Å²) in [6, 6.07) is 0. The van der Waals surface area contributed by atoms with Crippen LogP contribution in [0.1, 0.15) is 28.9 Å². The molecule has 1 saturated carbocycles. The number of carboxylic acid groups (broad SMARTS) is 1. The van der Waals surface area contributed by atoms with Gasteiger partial charge in [0.15, 0.2) is 0 Å². The molecule has 0 atom stereocenters. The van der Waals surface area contributed by atoms with E-state index in [0.717, 1.165) is 24.2 Å². The van der Waals surface area contributed by atoms with Gasteiger partial charge >= 0.3 is 5.97 Å². The van der Waals surface area contributed by atoms with E-state index in [1.54, 1.807) is 0 Å². The largest absolute Gasteiger partial charge is 0.477 e. The molecule has 5 heteroatoms. The van der Waals surface area contributed by atoms with Crippen molar-refractivity contribution in [3.8, 4) is 5.19 Å². The lowest BCUT2D eigenvalue weighted by Gasteiger charge is -2.24. The van der Waals surface area contributed by atoms with Crippen molar-refractivity contribution in [1.82, 2.24) is 4.98 Å². The second kappa shape index (κ2) is 3.33. The normalized spacial score (nSPS) is 16.6. The number of ether oxygens (including phenoxy) is 1. The van der Waals surface area contributed by atoms with Crippen LogP contribution in [0.3, 0.4) is 0 Å². The van der Waals surface area contributed by atoms with Gasteiger partial charge in [-0.25, -0.2) is 9.78 Å². The zero-order valence-electron chi connectivity index (χ0n) is 6.90. The standard InChI is InChI=1S/C8H9NO3S/c10-7(11)6-4-9-8(13-6)12-5-2-1-3-5/h4-5H,1-3H2,(H,10,11). The van der Waals surface area contributed by atoms with Gasteiger partial charge in [-0.05, 0) is 19.3 Å². The maximum absolute atomic E-state index is 10.5. The molecule has 0 unspecified atom stereocenters. The Morgan fingerprint density at radius 3 is 2.92 bits per heavy atom. The zero-order chi connectivity index (χ0) is 9.26. The van der Waals surface area contributed by atoms with E-state index in [1.165, 1.54) is 12.6 Å². The van der Waals surface area contributed by atoms with Crippen molar-refractivity contribution in [2.75, 3.05) is 0 Å². The highest BCUT2D eigenvalue weighted by Gasteiger charge is 2.21. The minimum Gasteiger partial charge on any atom is -0.477 e. The summed E-state index contributed by atoms with van der Waals surface area (Å²) in [6.45, 7) is 0. The second-order valence-electron chi connectivity index (χ2n) is 2.97. The first-order chi connectivity index (χ1) is 6.25. The summed E-state index contributed by atoms with van der Waals surface area (Å²) in [4.78, 5) is 14.6. The molecule has 0 aromatic carbocycles. The van der Waals surface area contributed by atoms with Gasteiger partial charge in [-0.1, -0.05) is 11.3 Å². The summed E-state index contributed by atoms with van der Waals surface area (Å²) in [5.41, 5.74) is 0. The average molecular weight is 199 g/mol. The van der Waals surface area contributed by atoms with Gasteiger partial charge in [0.1, 0.15) is 11.0 Å². The summed E-state index contributed by atoms with van der Waals surface area (Å²) in [5.74, 6) is -0.944. The van der Waals surface area contributed by atoms with Gasteiger partial charge in [-0.15, -0.1) is 0 Å². The Labute approximate surface area is 79.2 Å². The molecule has 1 aromatic rings. The van der Waals surface area contributed by atoms with Crippen LogP contribution in [-0.4, -0.2) is 22.2 Å². The Kier molecular flexibility index (Phi) is 2.18. The van der Waals surface area contributed by atoms with E-state index in [9.17, 15) is 4.79 Å². The van der Waals surface area contributed by atoms with Crippen molar-refractivity contribution < 1.29 is 14.6 Å². The summed E-state index contributed by atoms with van der Waals surface area (Å²) in [6.07, 6.45) is 4.90. The quantitative estimate of drug-likeness (QED) is 0.806. The van der Waals surface area contributed by atoms with Crippen LogP contribution in [0.15, 0.2) is 6.20 Å². The summed E-state index contributed by atoms with van der Waals surface area (Å²) >= 11 is 1.09. The van der Waals surface area contributed by atoms with E-state index in [2.05, 4.69) is 4.98 Å². The molecule has 1 heterocycles. The third-order valence-corrected chi connectivity index (χ3v) is 2.89. The molecule has 70 valence electrons. The SMILES string of the molecule is O=C(O)c1cnc(OC2CCC2)s1. The van der Waals surface area contributed by atoms with E-state index in [4.69, 9.17) is 9.84 Å². The first-order valence-electron chi connectivity index (χ1n) is 4.11. The summed E-state index contributed by atoms with van der Waals surface area (Å²) in [5, 5.41) is 9.09. The Morgan fingerprint density at radius 1 is 1.69 bits per heavy atom. The summed E-state index contributed by atoms with van der Waals surface area (Å²) < 4.78 is 5.43. The highest BCUT2D eigenvalue weighted by atomic mass is 32.1. The zero-order valence-corrected chi connectivity index (χ0v) is 7.71. The van der Waals surface area contributed by atoms with E-state index in [1.807, 2.05) is 0 Å². The minimum absolute atomic E-state index is 0.231. The predicted molar refractivity (Wildman–Crippen MR) is 47.3 cm³/mol. The van der Waals surface area contributed by atoms with Crippen LogP contribution in [-0.2, 0) is 0 Å². The lowest BCUT2D eigenvalue weighted by Crippen LogP contribution is -2.24. The molecule has 4 nitrogen and oxygen atoms in total. The molecule has 1 aromatic heterocycles. The topological polar surface area (TPSA) is 59.4 Å². The van der Waals surface area contributed by atoms with Crippen LogP contribution in [0.25, 0.3) is 0 Å². The Balaban J connectivity index is 2.00. The van der Waals surface area contributed by atoms with E-state index < -0.39 is 5.97 Å². The molecular formula is C8H9NO3S. The van der Waals surface area contributed by atoms with Crippen LogP contribution in [0.4, 0.5) is 0 Å². The van der Waals surface area contributed by atoms with E-state index >= 15 is 0 Å². The number of carboxylic acids is 1.